The first-order valence-corrected chi connectivity index (χ1v) is 7.43. The van der Waals surface area contributed by atoms with Crippen LogP contribution in [0.25, 0.3) is 0 Å². The number of nitrogens with zero attached hydrogens (tertiary/aromatic N) is 2. The minimum absolute atomic E-state index is 0.244. The molecule has 1 aromatic rings. The summed E-state index contributed by atoms with van der Waals surface area (Å²) in [4.78, 5) is 8.19. The zero-order valence-electron chi connectivity index (χ0n) is 10.6. The van der Waals surface area contributed by atoms with Crippen molar-refractivity contribution in [3.05, 3.63) is 16.1 Å². The normalized spacial score (nSPS) is 16.4. The summed E-state index contributed by atoms with van der Waals surface area (Å²) in [5, 5.41) is 10.4. The summed E-state index contributed by atoms with van der Waals surface area (Å²) < 4.78 is 0. The topological polar surface area (TPSA) is 36.4 Å². The van der Waals surface area contributed by atoms with Crippen molar-refractivity contribution < 1.29 is 5.11 Å². The van der Waals surface area contributed by atoms with Gasteiger partial charge in [-0.2, -0.15) is 0 Å². The fraction of sp³-hybridized carbons (Fsp3) is 0.769. The van der Waals surface area contributed by atoms with Crippen LogP contribution in [0.15, 0.2) is 6.20 Å². The third kappa shape index (κ3) is 3.50. The Morgan fingerprint density at radius 1 is 1.47 bits per heavy atom. The molecule has 0 saturated heterocycles. The molecule has 0 amide bonds. The van der Waals surface area contributed by atoms with E-state index < -0.39 is 0 Å². The van der Waals surface area contributed by atoms with Gasteiger partial charge in [0.15, 0.2) is 0 Å². The van der Waals surface area contributed by atoms with Crippen molar-refractivity contribution in [3.63, 3.8) is 0 Å². The van der Waals surface area contributed by atoms with Gasteiger partial charge < -0.3 is 5.11 Å². The molecule has 1 fully saturated rings. The average molecular weight is 254 g/mol. The lowest BCUT2D eigenvalue weighted by Gasteiger charge is -2.22. The molecule has 0 aliphatic heterocycles. The van der Waals surface area contributed by atoms with Crippen LogP contribution in [0.2, 0.25) is 0 Å². The molecule has 96 valence electrons. The van der Waals surface area contributed by atoms with Crippen LogP contribution >= 0.6 is 11.3 Å². The SMILES string of the molecule is CCCN(CCO)Cc1cnc(C2CCC2)s1. The van der Waals surface area contributed by atoms with Gasteiger partial charge in [0.05, 0.1) is 11.6 Å². The summed E-state index contributed by atoms with van der Waals surface area (Å²) in [5.74, 6) is 0.742. The zero-order valence-corrected chi connectivity index (χ0v) is 11.4. The van der Waals surface area contributed by atoms with E-state index in [1.54, 1.807) is 0 Å². The summed E-state index contributed by atoms with van der Waals surface area (Å²) in [7, 11) is 0. The second-order valence-electron chi connectivity index (χ2n) is 4.79. The Labute approximate surface area is 107 Å². The lowest BCUT2D eigenvalue weighted by Crippen LogP contribution is -2.26. The highest BCUT2D eigenvalue weighted by Crippen LogP contribution is 2.38. The molecule has 0 bridgehead atoms. The molecule has 1 N–H and O–H groups in total. The standard InChI is InChI=1S/C13H22N2OS/c1-2-6-15(7-8-16)10-12-9-14-13(17-12)11-4-3-5-11/h9,11,16H,2-8,10H2,1H3. The van der Waals surface area contributed by atoms with Crippen LogP contribution < -0.4 is 0 Å². The van der Waals surface area contributed by atoms with Crippen molar-refractivity contribution >= 4 is 11.3 Å². The van der Waals surface area contributed by atoms with E-state index in [1.807, 2.05) is 17.5 Å². The molecule has 4 heteroatoms. The number of thiazole rings is 1. The Balaban J connectivity index is 1.89. The second kappa shape index (κ2) is 6.47. The molecule has 0 radical (unpaired) electrons. The maximum Gasteiger partial charge on any atom is 0.0959 e. The smallest absolute Gasteiger partial charge is 0.0959 e. The van der Waals surface area contributed by atoms with E-state index in [-0.39, 0.29) is 6.61 Å². The van der Waals surface area contributed by atoms with Gasteiger partial charge in [-0.25, -0.2) is 4.98 Å². The van der Waals surface area contributed by atoms with Gasteiger partial charge in [-0.3, -0.25) is 4.90 Å². The minimum atomic E-state index is 0.244. The maximum absolute atomic E-state index is 9.03. The largest absolute Gasteiger partial charge is 0.395 e. The Kier molecular flexibility index (Phi) is 4.95. The van der Waals surface area contributed by atoms with E-state index in [1.165, 1.54) is 29.1 Å². The fourth-order valence-corrected chi connectivity index (χ4v) is 3.32. The van der Waals surface area contributed by atoms with Crippen LogP contribution in [0.3, 0.4) is 0 Å². The zero-order chi connectivity index (χ0) is 12.1. The first-order valence-electron chi connectivity index (χ1n) is 6.61. The minimum Gasteiger partial charge on any atom is -0.395 e. The average Bonchev–Trinajstić information content (AvgIpc) is 2.64. The molecule has 1 saturated carbocycles. The van der Waals surface area contributed by atoms with Crippen molar-refractivity contribution in [2.75, 3.05) is 19.7 Å². The van der Waals surface area contributed by atoms with E-state index in [2.05, 4.69) is 16.8 Å². The summed E-state index contributed by atoms with van der Waals surface area (Å²) in [5.41, 5.74) is 0. The van der Waals surface area contributed by atoms with Gasteiger partial charge in [-0.1, -0.05) is 13.3 Å². The predicted molar refractivity (Wildman–Crippen MR) is 71.4 cm³/mol. The van der Waals surface area contributed by atoms with Crippen molar-refractivity contribution in [1.29, 1.82) is 0 Å². The Bertz CT molecular complexity index is 330. The maximum atomic E-state index is 9.03. The van der Waals surface area contributed by atoms with Crippen LogP contribution in [0, 0.1) is 0 Å². The molecular weight excluding hydrogens is 232 g/mol. The predicted octanol–water partition coefficient (Wildman–Crippen LogP) is 2.61. The highest BCUT2D eigenvalue weighted by Gasteiger charge is 2.22. The second-order valence-corrected chi connectivity index (χ2v) is 5.94. The molecule has 0 atom stereocenters. The first-order chi connectivity index (χ1) is 8.33. The molecule has 2 rings (SSSR count). The van der Waals surface area contributed by atoms with Crippen LogP contribution in [0.1, 0.15) is 48.4 Å². The van der Waals surface area contributed by atoms with Crippen LogP contribution in [-0.2, 0) is 6.54 Å². The summed E-state index contributed by atoms with van der Waals surface area (Å²) in [6.45, 7) is 5.19. The van der Waals surface area contributed by atoms with Crippen molar-refractivity contribution in [2.24, 2.45) is 0 Å². The monoisotopic (exact) mass is 254 g/mol. The summed E-state index contributed by atoms with van der Waals surface area (Å²) >= 11 is 1.86. The van der Waals surface area contributed by atoms with E-state index in [0.29, 0.717) is 0 Å². The molecule has 1 aliphatic carbocycles. The number of hydrogen-bond acceptors (Lipinski definition) is 4. The van der Waals surface area contributed by atoms with Gasteiger partial charge in [-0.05, 0) is 25.8 Å². The van der Waals surface area contributed by atoms with Gasteiger partial charge in [-0.15, -0.1) is 11.3 Å². The molecule has 3 nitrogen and oxygen atoms in total. The summed E-state index contributed by atoms with van der Waals surface area (Å²) in [6, 6.07) is 0. The number of aromatic nitrogens is 1. The number of rotatable bonds is 7. The molecule has 1 heterocycles. The van der Waals surface area contributed by atoms with Gasteiger partial charge in [0.1, 0.15) is 0 Å². The lowest BCUT2D eigenvalue weighted by molar-refractivity contribution is 0.191. The Morgan fingerprint density at radius 3 is 2.88 bits per heavy atom. The third-order valence-corrected chi connectivity index (χ3v) is 4.51. The Morgan fingerprint density at radius 2 is 2.29 bits per heavy atom. The van der Waals surface area contributed by atoms with E-state index >= 15 is 0 Å². The van der Waals surface area contributed by atoms with Crippen LogP contribution in [0.4, 0.5) is 0 Å². The molecule has 1 aromatic heterocycles. The fourth-order valence-electron chi connectivity index (χ4n) is 2.19. The quantitative estimate of drug-likeness (QED) is 0.812. The third-order valence-electron chi connectivity index (χ3n) is 3.36. The molecule has 17 heavy (non-hydrogen) atoms. The van der Waals surface area contributed by atoms with Gasteiger partial charge >= 0.3 is 0 Å². The molecule has 0 aromatic carbocycles. The summed E-state index contributed by atoms with van der Waals surface area (Å²) in [6.07, 6.45) is 7.17. The van der Waals surface area contributed by atoms with Gasteiger partial charge in [0.25, 0.3) is 0 Å². The number of aliphatic hydroxyl groups excluding tert-OH is 1. The van der Waals surface area contributed by atoms with Crippen LogP contribution in [0.5, 0.6) is 0 Å². The van der Waals surface area contributed by atoms with Crippen LogP contribution in [-0.4, -0.2) is 34.7 Å². The lowest BCUT2D eigenvalue weighted by atomic mass is 9.86. The molecule has 0 spiro atoms. The number of aliphatic hydroxyl groups is 1. The van der Waals surface area contributed by atoms with Crippen molar-refractivity contribution in [1.82, 2.24) is 9.88 Å². The molecule has 1 aliphatic rings. The first kappa shape index (κ1) is 13.0. The molecular formula is C13H22N2OS. The van der Waals surface area contributed by atoms with Gasteiger partial charge in [0, 0.05) is 30.1 Å². The number of hydrogen-bond donors (Lipinski definition) is 1. The van der Waals surface area contributed by atoms with E-state index in [9.17, 15) is 0 Å². The van der Waals surface area contributed by atoms with Gasteiger partial charge in [0.2, 0.25) is 0 Å². The van der Waals surface area contributed by atoms with E-state index in [4.69, 9.17) is 5.11 Å². The highest BCUT2D eigenvalue weighted by atomic mass is 32.1. The van der Waals surface area contributed by atoms with E-state index in [0.717, 1.165) is 32.0 Å². The Hall–Kier alpha value is -0.450. The highest BCUT2D eigenvalue weighted by molar-refractivity contribution is 7.11. The van der Waals surface area contributed by atoms with Crippen molar-refractivity contribution in [2.45, 2.75) is 45.1 Å². The van der Waals surface area contributed by atoms with Crippen molar-refractivity contribution in [3.8, 4) is 0 Å². The molecule has 0 unspecified atom stereocenters.